The minimum atomic E-state index is -0.855. The molecule has 0 radical (unpaired) electrons. The topological polar surface area (TPSA) is 98.3 Å². The number of nitrogen functional groups attached to an aromatic ring is 1. The van der Waals surface area contributed by atoms with Crippen LogP contribution >= 0.6 is 0 Å². The molecule has 1 aliphatic rings. The van der Waals surface area contributed by atoms with Crippen LogP contribution in [0, 0.1) is 21.8 Å². The number of nitrogens with two attached hydrogens (primary N) is 1. The Morgan fingerprint density at radius 2 is 2.22 bits per heavy atom. The second kappa shape index (κ2) is 4.59. The van der Waals surface area contributed by atoms with Gasteiger partial charge in [0.05, 0.1) is 4.92 Å². The van der Waals surface area contributed by atoms with Crippen molar-refractivity contribution < 1.29 is 14.1 Å². The summed E-state index contributed by atoms with van der Waals surface area (Å²) >= 11 is 0. The lowest BCUT2D eigenvalue weighted by Crippen LogP contribution is -2.27. The summed E-state index contributed by atoms with van der Waals surface area (Å²) in [6.07, 6.45) is 2.07. The molecule has 0 aromatic heterocycles. The van der Waals surface area contributed by atoms with E-state index in [-0.39, 0.29) is 0 Å². The van der Waals surface area contributed by atoms with Crippen LogP contribution in [0.1, 0.15) is 23.2 Å². The number of rotatable bonds is 4. The van der Waals surface area contributed by atoms with Crippen LogP contribution < -0.4 is 11.1 Å². The van der Waals surface area contributed by atoms with E-state index in [0.717, 1.165) is 25.0 Å². The zero-order chi connectivity index (χ0) is 13.3. The Balaban J connectivity index is 2.26. The molecule has 0 spiro atoms. The molecule has 0 atom stereocenters. The molecule has 0 heterocycles. The molecule has 7 heteroatoms. The Morgan fingerprint density at radius 3 is 2.78 bits per heavy atom. The van der Waals surface area contributed by atoms with Gasteiger partial charge in [-0.3, -0.25) is 14.9 Å². The third-order valence-electron chi connectivity index (χ3n) is 2.84. The maximum Gasteiger partial charge on any atom is 0.293 e. The third kappa shape index (κ3) is 2.39. The van der Waals surface area contributed by atoms with Crippen LogP contribution in [0.2, 0.25) is 0 Å². The van der Waals surface area contributed by atoms with E-state index in [1.807, 2.05) is 0 Å². The number of hydrogen-bond donors (Lipinski definition) is 2. The van der Waals surface area contributed by atoms with Crippen molar-refractivity contribution >= 4 is 17.3 Å². The predicted octanol–water partition coefficient (Wildman–Crippen LogP) is 1.46. The van der Waals surface area contributed by atoms with E-state index in [1.165, 1.54) is 0 Å². The van der Waals surface area contributed by atoms with Crippen LogP contribution in [-0.2, 0) is 0 Å². The molecular formula is C11H12FN3O3. The molecule has 6 nitrogen and oxygen atoms in total. The van der Waals surface area contributed by atoms with Crippen LogP contribution in [0.5, 0.6) is 0 Å². The molecule has 96 valence electrons. The van der Waals surface area contributed by atoms with E-state index >= 15 is 0 Å². The number of nitrogens with one attached hydrogen (secondary N) is 1. The molecule has 1 amide bonds. The lowest BCUT2D eigenvalue weighted by Gasteiger charge is -2.08. The quantitative estimate of drug-likeness (QED) is 0.482. The molecule has 0 aliphatic heterocycles. The van der Waals surface area contributed by atoms with Crippen molar-refractivity contribution in [2.24, 2.45) is 5.92 Å². The minimum Gasteiger partial charge on any atom is -0.392 e. The Bertz CT molecular complexity index is 515. The summed E-state index contributed by atoms with van der Waals surface area (Å²) in [5, 5.41) is 13.2. The van der Waals surface area contributed by atoms with Crippen molar-refractivity contribution in [3.63, 3.8) is 0 Å². The van der Waals surface area contributed by atoms with Crippen LogP contribution in [0.15, 0.2) is 12.1 Å². The van der Waals surface area contributed by atoms with Gasteiger partial charge in [-0.2, -0.15) is 0 Å². The first kappa shape index (κ1) is 12.3. The number of carbonyl (C=O) groups is 1. The number of nitro groups is 1. The maximum atomic E-state index is 13.5. The molecule has 2 rings (SSSR count). The second-order valence-corrected chi connectivity index (χ2v) is 4.27. The van der Waals surface area contributed by atoms with Crippen LogP contribution in [0.25, 0.3) is 0 Å². The summed E-state index contributed by atoms with van der Waals surface area (Å²) in [7, 11) is 0. The number of anilines is 1. The first-order valence-corrected chi connectivity index (χ1v) is 5.51. The summed E-state index contributed by atoms with van der Waals surface area (Å²) in [6, 6.07) is 1.82. The van der Waals surface area contributed by atoms with Crippen molar-refractivity contribution in [2.75, 3.05) is 12.3 Å². The van der Waals surface area contributed by atoms with Gasteiger partial charge in [0.15, 0.2) is 0 Å². The zero-order valence-electron chi connectivity index (χ0n) is 9.48. The molecule has 1 fully saturated rings. The largest absolute Gasteiger partial charge is 0.392 e. The number of carbonyl (C=O) groups excluding carboxylic acids is 1. The van der Waals surface area contributed by atoms with Gasteiger partial charge in [0.2, 0.25) is 0 Å². The molecule has 1 aromatic rings. The molecule has 0 unspecified atom stereocenters. The zero-order valence-corrected chi connectivity index (χ0v) is 9.48. The molecular weight excluding hydrogens is 241 g/mol. The Kier molecular flexibility index (Phi) is 3.14. The van der Waals surface area contributed by atoms with Gasteiger partial charge < -0.3 is 11.1 Å². The minimum absolute atomic E-state index is 0.428. The van der Waals surface area contributed by atoms with E-state index in [4.69, 9.17) is 5.73 Å². The normalized spacial score (nSPS) is 14.3. The van der Waals surface area contributed by atoms with E-state index in [2.05, 4.69) is 5.32 Å². The lowest BCUT2D eigenvalue weighted by atomic mass is 10.1. The van der Waals surface area contributed by atoms with Gasteiger partial charge in [-0.15, -0.1) is 0 Å². The smallest absolute Gasteiger partial charge is 0.293 e. The van der Waals surface area contributed by atoms with Gasteiger partial charge >= 0.3 is 0 Å². The highest BCUT2D eigenvalue weighted by Crippen LogP contribution is 2.29. The SMILES string of the molecule is Nc1c([N+](=O)[O-])ccc(F)c1C(=O)NCC1CC1. The lowest BCUT2D eigenvalue weighted by molar-refractivity contribution is -0.384. The van der Waals surface area contributed by atoms with Crippen LogP contribution in [0.3, 0.4) is 0 Å². The van der Waals surface area contributed by atoms with Gasteiger partial charge in [-0.05, 0) is 24.8 Å². The van der Waals surface area contributed by atoms with Gasteiger partial charge in [-0.25, -0.2) is 4.39 Å². The number of benzene rings is 1. The average molecular weight is 253 g/mol. The highest BCUT2D eigenvalue weighted by atomic mass is 19.1. The van der Waals surface area contributed by atoms with E-state index < -0.39 is 33.6 Å². The summed E-state index contributed by atoms with van der Waals surface area (Å²) < 4.78 is 13.5. The first-order chi connectivity index (χ1) is 8.50. The fourth-order valence-corrected chi connectivity index (χ4v) is 1.62. The molecule has 1 saturated carbocycles. The Morgan fingerprint density at radius 1 is 1.56 bits per heavy atom. The Hall–Kier alpha value is -2.18. The van der Waals surface area contributed by atoms with Gasteiger partial charge in [0.25, 0.3) is 11.6 Å². The van der Waals surface area contributed by atoms with Gasteiger partial charge in [-0.1, -0.05) is 0 Å². The second-order valence-electron chi connectivity index (χ2n) is 4.27. The Labute approximate surface area is 102 Å². The van der Waals surface area contributed by atoms with Crippen LogP contribution in [-0.4, -0.2) is 17.4 Å². The summed E-state index contributed by atoms with van der Waals surface area (Å²) in [5.74, 6) is -1.14. The molecule has 1 aromatic carbocycles. The van der Waals surface area contributed by atoms with Crippen molar-refractivity contribution in [2.45, 2.75) is 12.8 Å². The number of hydrogen-bond acceptors (Lipinski definition) is 4. The molecule has 1 aliphatic carbocycles. The fraction of sp³-hybridized carbons (Fsp3) is 0.364. The average Bonchev–Trinajstić information content (AvgIpc) is 3.09. The summed E-state index contributed by atoms with van der Waals surface area (Å²) in [5.41, 5.74) is 4.11. The first-order valence-electron chi connectivity index (χ1n) is 5.51. The van der Waals surface area contributed by atoms with Crippen molar-refractivity contribution in [1.29, 1.82) is 0 Å². The third-order valence-corrected chi connectivity index (χ3v) is 2.84. The van der Waals surface area contributed by atoms with Crippen molar-refractivity contribution in [1.82, 2.24) is 5.32 Å². The highest BCUT2D eigenvalue weighted by molar-refractivity contribution is 6.01. The van der Waals surface area contributed by atoms with Crippen molar-refractivity contribution in [3.8, 4) is 0 Å². The van der Waals surface area contributed by atoms with E-state index in [9.17, 15) is 19.3 Å². The fourth-order valence-electron chi connectivity index (χ4n) is 1.62. The van der Waals surface area contributed by atoms with Crippen LogP contribution in [0.4, 0.5) is 15.8 Å². The molecule has 0 saturated heterocycles. The number of halogens is 1. The standard InChI is InChI=1S/C11H12FN3O3/c12-7-3-4-8(15(17)18)10(13)9(7)11(16)14-5-6-1-2-6/h3-4,6H,1-2,5,13H2,(H,14,16). The summed E-state index contributed by atoms with van der Waals surface area (Å²) in [6.45, 7) is 0.445. The predicted molar refractivity (Wildman–Crippen MR) is 62.5 cm³/mol. The van der Waals surface area contributed by atoms with E-state index in [1.54, 1.807) is 0 Å². The summed E-state index contributed by atoms with van der Waals surface area (Å²) in [4.78, 5) is 21.7. The van der Waals surface area contributed by atoms with Crippen molar-refractivity contribution in [3.05, 3.63) is 33.6 Å². The monoisotopic (exact) mass is 253 g/mol. The number of amides is 1. The number of nitro benzene ring substituents is 1. The van der Waals surface area contributed by atoms with Gasteiger partial charge in [0, 0.05) is 12.6 Å². The highest BCUT2D eigenvalue weighted by Gasteiger charge is 2.26. The molecule has 0 bridgehead atoms. The maximum absolute atomic E-state index is 13.5. The van der Waals surface area contributed by atoms with Gasteiger partial charge in [0.1, 0.15) is 17.1 Å². The number of nitrogens with zero attached hydrogens (tertiary/aromatic N) is 1. The van der Waals surface area contributed by atoms with E-state index in [0.29, 0.717) is 12.5 Å². The molecule has 18 heavy (non-hydrogen) atoms. The molecule has 3 N–H and O–H groups in total.